The van der Waals surface area contributed by atoms with Crippen LogP contribution in [0.3, 0.4) is 0 Å². The molecule has 21 heavy (non-hydrogen) atoms. The zero-order valence-corrected chi connectivity index (χ0v) is 11.3. The van der Waals surface area contributed by atoms with Gasteiger partial charge in [-0.3, -0.25) is 19.6 Å². The molecule has 3 rings (SSSR count). The van der Waals surface area contributed by atoms with E-state index in [1.54, 1.807) is 17.8 Å². The van der Waals surface area contributed by atoms with E-state index >= 15 is 0 Å². The van der Waals surface area contributed by atoms with Crippen LogP contribution in [0.15, 0.2) is 18.2 Å². The van der Waals surface area contributed by atoms with Crippen molar-refractivity contribution in [1.82, 2.24) is 15.1 Å². The zero-order chi connectivity index (χ0) is 15.1. The first kappa shape index (κ1) is 13.3. The third kappa shape index (κ3) is 2.16. The Morgan fingerprint density at radius 1 is 1.43 bits per heavy atom. The maximum Gasteiger partial charge on any atom is 0.335 e. The van der Waals surface area contributed by atoms with E-state index in [2.05, 4.69) is 10.4 Å². The molecule has 1 saturated heterocycles. The van der Waals surface area contributed by atoms with Crippen LogP contribution in [0.2, 0.25) is 0 Å². The highest BCUT2D eigenvalue weighted by molar-refractivity contribution is 6.03. The summed E-state index contributed by atoms with van der Waals surface area (Å²) in [6, 6.07) is 4.69. The summed E-state index contributed by atoms with van der Waals surface area (Å²) in [5, 5.41) is 16.4. The number of carboxylic acids is 1. The predicted molar refractivity (Wildman–Crippen MR) is 72.8 cm³/mol. The van der Waals surface area contributed by atoms with Crippen LogP contribution in [-0.4, -0.2) is 32.7 Å². The number of benzene rings is 1. The highest BCUT2D eigenvalue weighted by atomic mass is 16.4. The van der Waals surface area contributed by atoms with Crippen molar-refractivity contribution in [2.45, 2.75) is 18.8 Å². The summed E-state index contributed by atoms with van der Waals surface area (Å²) in [5.74, 6) is -2.24. The van der Waals surface area contributed by atoms with Crippen LogP contribution >= 0.6 is 0 Å². The number of aryl methyl sites for hydroxylation is 1. The molecule has 7 heteroatoms. The molecular weight excluding hydrogens is 274 g/mol. The van der Waals surface area contributed by atoms with Crippen LogP contribution in [-0.2, 0) is 16.6 Å². The van der Waals surface area contributed by atoms with E-state index in [0.29, 0.717) is 17.5 Å². The Labute approximate surface area is 119 Å². The molecule has 1 aliphatic rings. The fourth-order valence-corrected chi connectivity index (χ4v) is 2.64. The van der Waals surface area contributed by atoms with Gasteiger partial charge in [0.05, 0.1) is 22.7 Å². The number of nitrogens with zero attached hydrogens (tertiary/aromatic N) is 2. The molecule has 0 bridgehead atoms. The van der Waals surface area contributed by atoms with E-state index in [9.17, 15) is 14.4 Å². The minimum Gasteiger partial charge on any atom is -0.478 e. The predicted octanol–water partition coefficient (Wildman–Crippen LogP) is 0.792. The molecule has 2 N–H and O–H groups in total. The van der Waals surface area contributed by atoms with Gasteiger partial charge in [-0.1, -0.05) is 0 Å². The van der Waals surface area contributed by atoms with Crippen LogP contribution in [0, 0.1) is 0 Å². The first-order valence-corrected chi connectivity index (χ1v) is 6.51. The molecule has 0 radical (unpaired) electrons. The number of aromatic carboxylic acids is 1. The fraction of sp³-hybridized carbons (Fsp3) is 0.286. The lowest BCUT2D eigenvalue weighted by atomic mass is 9.92. The number of carbonyl (C=O) groups excluding carboxylic acids is 2. The summed E-state index contributed by atoms with van der Waals surface area (Å²) in [6.07, 6.45) is 0.640. The first-order valence-electron chi connectivity index (χ1n) is 6.51. The third-order valence-electron chi connectivity index (χ3n) is 3.70. The summed E-state index contributed by atoms with van der Waals surface area (Å²) < 4.78 is 1.61. The molecule has 1 fully saturated rings. The van der Waals surface area contributed by atoms with Crippen LogP contribution in [0.25, 0.3) is 10.9 Å². The molecule has 1 aliphatic heterocycles. The maximum atomic E-state index is 12.0. The molecule has 2 amide bonds. The van der Waals surface area contributed by atoms with Gasteiger partial charge in [-0.05, 0) is 24.6 Å². The van der Waals surface area contributed by atoms with Gasteiger partial charge in [0.15, 0.2) is 0 Å². The Balaban J connectivity index is 2.13. The highest BCUT2D eigenvalue weighted by Gasteiger charge is 2.31. The summed E-state index contributed by atoms with van der Waals surface area (Å²) >= 11 is 0. The number of piperidine rings is 1. The maximum absolute atomic E-state index is 12.0. The number of carboxylic acid groups (broad SMARTS) is 1. The number of rotatable bonds is 2. The Bertz CT molecular complexity index is 778. The average molecular weight is 287 g/mol. The SMILES string of the molecule is Cn1nc(C2CCC(=O)NC2=O)c2cc(C(=O)O)ccc21. The molecule has 0 aliphatic carbocycles. The van der Waals surface area contributed by atoms with Crippen LogP contribution in [0.1, 0.15) is 34.8 Å². The smallest absolute Gasteiger partial charge is 0.335 e. The number of nitrogens with one attached hydrogen (secondary N) is 1. The van der Waals surface area contributed by atoms with Crippen molar-refractivity contribution in [3.8, 4) is 0 Å². The van der Waals surface area contributed by atoms with E-state index in [4.69, 9.17) is 5.11 Å². The van der Waals surface area contributed by atoms with Crippen LogP contribution in [0.4, 0.5) is 0 Å². The topological polar surface area (TPSA) is 101 Å². The van der Waals surface area contributed by atoms with Crippen LogP contribution in [0.5, 0.6) is 0 Å². The lowest BCUT2D eigenvalue weighted by molar-refractivity contribution is -0.134. The van der Waals surface area contributed by atoms with Gasteiger partial charge in [0.2, 0.25) is 11.8 Å². The molecule has 1 atom stereocenters. The summed E-state index contributed by atoms with van der Waals surface area (Å²) in [7, 11) is 1.73. The molecule has 2 aromatic rings. The van der Waals surface area contributed by atoms with Gasteiger partial charge >= 0.3 is 5.97 Å². The fourth-order valence-electron chi connectivity index (χ4n) is 2.64. The second-order valence-corrected chi connectivity index (χ2v) is 5.05. The summed E-state index contributed by atoms with van der Waals surface area (Å²) in [4.78, 5) is 34.3. The molecule has 1 unspecified atom stereocenters. The molecule has 7 nitrogen and oxygen atoms in total. The van der Waals surface area contributed by atoms with Crippen molar-refractivity contribution in [3.05, 3.63) is 29.5 Å². The second kappa shape index (κ2) is 4.69. The highest BCUT2D eigenvalue weighted by Crippen LogP contribution is 2.30. The number of carbonyl (C=O) groups is 3. The lowest BCUT2D eigenvalue weighted by Crippen LogP contribution is -2.39. The molecule has 2 heterocycles. The Morgan fingerprint density at radius 2 is 2.19 bits per heavy atom. The number of imide groups is 1. The van der Waals surface area contributed by atoms with Gasteiger partial charge in [-0.2, -0.15) is 5.10 Å². The van der Waals surface area contributed by atoms with Crippen molar-refractivity contribution in [2.75, 3.05) is 0 Å². The second-order valence-electron chi connectivity index (χ2n) is 5.05. The van der Waals surface area contributed by atoms with E-state index in [1.807, 2.05) is 0 Å². The monoisotopic (exact) mass is 287 g/mol. The molecule has 1 aromatic heterocycles. The number of amides is 2. The Hall–Kier alpha value is -2.70. The van der Waals surface area contributed by atoms with E-state index in [0.717, 1.165) is 5.52 Å². The van der Waals surface area contributed by atoms with E-state index < -0.39 is 11.9 Å². The third-order valence-corrected chi connectivity index (χ3v) is 3.70. The average Bonchev–Trinajstić information content (AvgIpc) is 2.75. The molecule has 0 spiro atoms. The molecular formula is C14H13N3O4. The van der Waals surface area contributed by atoms with Crippen molar-refractivity contribution in [1.29, 1.82) is 0 Å². The number of aromatic nitrogens is 2. The quantitative estimate of drug-likeness (QED) is 0.795. The molecule has 1 aromatic carbocycles. The van der Waals surface area contributed by atoms with Gasteiger partial charge in [0.1, 0.15) is 0 Å². The number of fused-ring (bicyclic) bond motifs is 1. The van der Waals surface area contributed by atoms with Crippen molar-refractivity contribution < 1.29 is 19.5 Å². The molecule has 0 saturated carbocycles. The minimum atomic E-state index is -1.03. The normalized spacial score (nSPS) is 18.8. The summed E-state index contributed by atoms with van der Waals surface area (Å²) in [5.41, 5.74) is 1.41. The Morgan fingerprint density at radius 3 is 2.86 bits per heavy atom. The van der Waals surface area contributed by atoms with Crippen molar-refractivity contribution in [2.24, 2.45) is 7.05 Å². The zero-order valence-electron chi connectivity index (χ0n) is 11.3. The van der Waals surface area contributed by atoms with Gasteiger partial charge < -0.3 is 5.11 Å². The first-order chi connectivity index (χ1) is 9.97. The number of hydrogen-bond acceptors (Lipinski definition) is 4. The summed E-state index contributed by atoms with van der Waals surface area (Å²) in [6.45, 7) is 0. The van der Waals surface area contributed by atoms with Gasteiger partial charge in [0.25, 0.3) is 0 Å². The van der Waals surface area contributed by atoms with Gasteiger partial charge in [0, 0.05) is 18.9 Å². The lowest BCUT2D eigenvalue weighted by Gasteiger charge is -2.19. The van der Waals surface area contributed by atoms with E-state index in [-0.39, 0.29) is 23.8 Å². The van der Waals surface area contributed by atoms with Crippen LogP contribution < -0.4 is 5.32 Å². The Kier molecular flexibility index (Phi) is 2.97. The van der Waals surface area contributed by atoms with Gasteiger partial charge in [-0.25, -0.2) is 4.79 Å². The minimum absolute atomic E-state index is 0.143. The molecule has 108 valence electrons. The standard InChI is InChI=1S/C14H13N3O4/c1-17-10-4-2-7(14(20)21)6-9(10)12(16-17)8-3-5-11(18)15-13(8)19/h2,4,6,8H,3,5H2,1H3,(H,20,21)(H,15,18,19). The van der Waals surface area contributed by atoms with E-state index in [1.165, 1.54) is 12.1 Å². The number of hydrogen-bond donors (Lipinski definition) is 2. The van der Waals surface area contributed by atoms with Crippen molar-refractivity contribution in [3.63, 3.8) is 0 Å². The van der Waals surface area contributed by atoms with Gasteiger partial charge in [-0.15, -0.1) is 0 Å². The largest absolute Gasteiger partial charge is 0.478 e. The van der Waals surface area contributed by atoms with Crippen molar-refractivity contribution >= 4 is 28.7 Å².